The summed E-state index contributed by atoms with van der Waals surface area (Å²) < 4.78 is 5.40. The van der Waals surface area contributed by atoms with Crippen molar-refractivity contribution in [2.75, 3.05) is 0 Å². The molecule has 2 heteroatoms. The van der Waals surface area contributed by atoms with E-state index in [2.05, 4.69) is 12.1 Å². The van der Waals surface area contributed by atoms with Crippen LogP contribution in [-0.4, -0.2) is 11.4 Å². The van der Waals surface area contributed by atoms with Gasteiger partial charge in [-0.2, -0.15) is 0 Å². The molecule has 15 heavy (non-hydrogen) atoms. The highest BCUT2D eigenvalue weighted by Crippen LogP contribution is 2.33. The van der Waals surface area contributed by atoms with Gasteiger partial charge in [0.15, 0.2) is 6.29 Å². The predicted octanol–water partition coefficient (Wildman–Crippen LogP) is 2.48. The number of rotatable bonds is 0. The second-order valence-corrected chi connectivity index (χ2v) is 3.87. The Hall–Kier alpha value is -1.54. The zero-order valence-corrected chi connectivity index (χ0v) is 8.31. The van der Waals surface area contributed by atoms with Crippen molar-refractivity contribution in [2.45, 2.75) is 19.1 Å². The summed E-state index contributed by atoms with van der Waals surface area (Å²) in [6.07, 6.45) is 0.928. The highest BCUT2D eigenvalue weighted by molar-refractivity contribution is 5.87. The van der Waals surface area contributed by atoms with Gasteiger partial charge in [-0.1, -0.05) is 30.3 Å². The molecule has 0 amide bonds. The van der Waals surface area contributed by atoms with Crippen LogP contribution in [-0.2, 0) is 6.42 Å². The first-order valence-corrected chi connectivity index (χ1v) is 5.20. The number of hydrogen-bond acceptors (Lipinski definition) is 2. The Bertz CT molecular complexity index is 505. The average Bonchev–Trinajstić information content (AvgIpc) is 2.28. The molecule has 0 bridgehead atoms. The molecule has 1 unspecified atom stereocenters. The lowest BCUT2D eigenvalue weighted by Crippen LogP contribution is -2.21. The van der Waals surface area contributed by atoms with E-state index in [0.717, 1.165) is 12.2 Å². The van der Waals surface area contributed by atoms with Crippen LogP contribution in [0.15, 0.2) is 36.4 Å². The van der Waals surface area contributed by atoms with E-state index >= 15 is 0 Å². The number of fused-ring (bicyclic) bond motifs is 3. The number of ether oxygens (including phenoxy) is 1. The average molecular weight is 200 g/mol. The number of aliphatic hydroxyl groups excluding tert-OH is 1. The van der Waals surface area contributed by atoms with Gasteiger partial charge in [-0.25, -0.2) is 0 Å². The van der Waals surface area contributed by atoms with Crippen LogP contribution in [0.25, 0.3) is 10.8 Å². The standard InChI is InChI=1S/C13H12O2/c14-13-8-6-11-10-4-2-1-3-9(10)5-7-12(11)15-13/h1-5,7,13-14H,6,8H2. The van der Waals surface area contributed by atoms with E-state index in [1.807, 2.05) is 24.3 Å². The summed E-state index contributed by atoms with van der Waals surface area (Å²) in [5.41, 5.74) is 1.22. The molecule has 2 aromatic rings. The largest absolute Gasteiger partial charge is 0.465 e. The first-order valence-electron chi connectivity index (χ1n) is 5.20. The summed E-state index contributed by atoms with van der Waals surface area (Å²) in [5, 5.41) is 11.9. The molecule has 1 atom stereocenters. The van der Waals surface area contributed by atoms with Gasteiger partial charge in [0.1, 0.15) is 5.75 Å². The molecule has 1 heterocycles. The van der Waals surface area contributed by atoms with Crippen molar-refractivity contribution in [3.05, 3.63) is 42.0 Å². The summed E-state index contributed by atoms with van der Waals surface area (Å²) in [7, 11) is 0. The highest BCUT2D eigenvalue weighted by Gasteiger charge is 2.18. The van der Waals surface area contributed by atoms with Crippen LogP contribution in [0.2, 0.25) is 0 Å². The monoisotopic (exact) mass is 200 g/mol. The molecule has 0 radical (unpaired) electrons. The van der Waals surface area contributed by atoms with Crippen molar-refractivity contribution in [2.24, 2.45) is 0 Å². The van der Waals surface area contributed by atoms with E-state index < -0.39 is 6.29 Å². The first kappa shape index (κ1) is 8.74. The summed E-state index contributed by atoms with van der Waals surface area (Å²) >= 11 is 0. The maximum atomic E-state index is 9.41. The summed E-state index contributed by atoms with van der Waals surface area (Å²) in [4.78, 5) is 0. The van der Waals surface area contributed by atoms with Crippen LogP contribution in [0.3, 0.4) is 0 Å². The normalized spacial score (nSPS) is 19.7. The molecule has 0 saturated heterocycles. The lowest BCUT2D eigenvalue weighted by atomic mass is 9.98. The van der Waals surface area contributed by atoms with Gasteiger partial charge in [-0.05, 0) is 23.3 Å². The minimum atomic E-state index is -0.640. The smallest absolute Gasteiger partial charge is 0.197 e. The molecule has 1 aliphatic rings. The zero-order chi connectivity index (χ0) is 10.3. The number of aryl methyl sites for hydroxylation is 1. The molecule has 76 valence electrons. The SMILES string of the molecule is OC1CCc2c(ccc3ccccc23)O1. The van der Waals surface area contributed by atoms with Crippen molar-refractivity contribution in [3.63, 3.8) is 0 Å². The quantitative estimate of drug-likeness (QED) is 0.708. The van der Waals surface area contributed by atoms with E-state index in [-0.39, 0.29) is 0 Å². The summed E-state index contributed by atoms with van der Waals surface area (Å²) in [6, 6.07) is 12.3. The third-order valence-electron chi connectivity index (χ3n) is 2.90. The first-order chi connectivity index (χ1) is 7.34. The maximum absolute atomic E-state index is 9.41. The van der Waals surface area contributed by atoms with Crippen LogP contribution in [0.4, 0.5) is 0 Å². The minimum Gasteiger partial charge on any atom is -0.465 e. The Morgan fingerprint density at radius 3 is 2.93 bits per heavy atom. The molecule has 0 aliphatic carbocycles. The van der Waals surface area contributed by atoms with E-state index in [1.54, 1.807) is 0 Å². The van der Waals surface area contributed by atoms with E-state index in [4.69, 9.17) is 4.74 Å². The molecule has 1 aliphatic heterocycles. The van der Waals surface area contributed by atoms with Crippen LogP contribution in [0, 0.1) is 0 Å². The van der Waals surface area contributed by atoms with Crippen molar-refractivity contribution >= 4 is 10.8 Å². The van der Waals surface area contributed by atoms with Crippen LogP contribution < -0.4 is 4.74 Å². The van der Waals surface area contributed by atoms with E-state index in [9.17, 15) is 5.11 Å². The number of hydrogen-bond donors (Lipinski definition) is 1. The van der Waals surface area contributed by atoms with Crippen molar-refractivity contribution in [3.8, 4) is 5.75 Å². The van der Waals surface area contributed by atoms with Gasteiger partial charge in [0.05, 0.1) is 0 Å². The van der Waals surface area contributed by atoms with Gasteiger partial charge < -0.3 is 9.84 Å². The molecular formula is C13H12O2. The Kier molecular flexibility index (Phi) is 1.89. The summed E-state index contributed by atoms with van der Waals surface area (Å²) in [6.45, 7) is 0. The predicted molar refractivity (Wildman–Crippen MR) is 58.9 cm³/mol. The number of aliphatic hydroxyl groups is 1. The Labute approximate surface area is 88.1 Å². The number of benzene rings is 2. The molecular weight excluding hydrogens is 188 g/mol. The maximum Gasteiger partial charge on any atom is 0.197 e. The molecule has 2 aromatic carbocycles. The van der Waals surface area contributed by atoms with Crippen molar-refractivity contribution < 1.29 is 9.84 Å². The molecule has 0 aromatic heterocycles. The third kappa shape index (κ3) is 1.38. The Morgan fingerprint density at radius 1 is 1.13 bits per heavy atom. The second-order valence-electron chi connectivity index (χ2n) is 3.87. The molecule has 0 saturated carbocycles. The Morgan fingerprint density at radius 2 is 2.00 bits per heavy atom. The fraction of sp³-hybridized carbons (Fsp3) is 0.231. The van der Waals surface area contributed by atoms with E-state index in [0.29, 0.717) is 6.42 Å². The topological polar surface area (TPSA) is 29.5 Å². The van der Waals surface area contributed by atoms with Crippen molar-refractivity contribution in [1.29, 1.82) is 0 Å². The van der Waals surface area contributed by atoms with E-state index in [1.165, 1.54) is 16.3 Å². The van der Waals surface area contributed by atoms with Gasteiger partial charge in [-0.3, -0.25) is 0 Å². The fourth-order valence-electron chi connectivity index (χ4n) is 2.16. The third-order valence-corrected chi connectivity index (χ3v) is 2.90. The Balaban J connectivity index is 2.25. The molecule has 0 spiro atoms. The van der Waals surface area contributed by atoms with Crippen LogP contribution >= 0.6 is 0 Å². The molecule has 0 fully saturated rings. The lowest BCUT2D eigenvalue weighted by Gasteiger charge is -2.23. The van der Waals surface area contributed by atoms with Gasteiger partial charge in [0.2, 0.25) is 0 Å². The van der Waals surface area contributed by atoms with Gasteiger partial charge in [0.25, 0.3) is 0 Å². The van der Waals surface area contributed by atoms with Gasteiger partial charge in [-0.15, -0.1) is 0 Å². The minimum absolute atomic E-state index is 0.640. The van der Waals surface area contributed by atoms with Gasteiger partial charge in [0, 0.05) is 12.0 Å². The van der Waals surface area contributed by atoms with Crippen molar-refractivity contribution in [1.82, 2.24) is 0 Å². The van der Waals surface area contributed by atoms with Gasteiger partial charge >= 0.3 is 0 Å². The lowest BCUT2D eigenvalue weighted by molar-refractivity contribution is -0.0313. The van der Waals surface area contributed by atoms with Crippen LogP contribution in [0.5, 0.6) is 5.75 Å². The second kappa shape index (κ2) is 3.24. The molecule has 1 N–H and O–H groups in total. The molecule has 3 rings (SSSR count). The zero-order valence-electron chi connectivity index (χ0n) is 8.31. The highest BCUT2D eigenvalue weighted by atomic mass is 16.6. The summed E-state index contributed by atoms with van der Waals surface area (Å²) in [5.74, 6) is 0.826. The fourth-order valence-corrected chi connectivity index (χ4v) is 2.16. The molecule has 2 nitrogen and oxygen atoms in total. The van der Waals surface area contributed by atoms with Crippen LogP contribution in [0.1, 0.15) is 12.0 Å².